The highest BCUT2D eigenvalue weighted by molar-refractivity contribution is 7.11. The van der Waals surface area contributed by atoms with Crippen LogP contribution in [0.2, 0.25) is 5.02 Å². The Bertz CT molecular complexity index is 656. The highest BCUT2D eigenvalue weighted by atomic mass is 35.5. The first-order chi connectivity index (χ1) is 11.1. The number of aliphatic hydroxyl groups is 1. The van der Waals surface area contributed by atoms with Gasteiger partial charge >= 0.3 is 0 Å². The fraction of sp³-hybridized carbons (Fsp3) is 0.438. The Morgan fingerprint density at radius 1 is 1.39 bits per heavy atom. The predicted octanol–water partition coefficient (Wildman–Crippen LogP) is 2.84. The molecule has 2 heterocycles. The van der Waals surface area contributed by atoms with E-state index in [9.17, 15) is 5.11 Å². The third-order valence-corrected chi connectivity index (χ3v) is 4.97. The van der Waals surface area contributed by atoms with E-state index in [0.717, 1.165) is 9.88 Å². The largest absolute Gasteiger partial charge is 0.384 e. The number of nitrogens with one attached hydrogen (secondary N) is 1. The molecule has 5 nitrogen and oxygen atoms in total. The summed E-state index contributed by atoms with van der Waals surface area (Å²) < 4.78 is 10.9. The number of ether oxygens (including phenoxy) is 2. The molecule has 1 fully saturated rings. The molecule has 1 aliphatic rings. The van der Waals surface area contributed by atoms with Crippen molar-refractivity contribution in [3.63, 3.8) is 0 Å². The Morgan fingerprint density at radius 3 is 2.87 bits per heavy atom. The maximum absolute atomic E-state index is 10.6. The van der Waals surface area contributed by atoms with Crippen molar-refractivity contribution in [2.45, 2.75) is 25.4 Å². The second-order valence-corrected chi connectivity index (χ2v) is 7.14. The Hall–Kier alpha value is -1.02. The highest BCUT2D eigenvalue weighted by Gasteiger charge is 2.25. The van der Waals surface area contributed by atoms with Gasteiger partial charge in [-0.05, 0) is 13.0 Å². The summed E-state index contributed by atoms with van der Waals surface area (Å²) in [5.74, 6) is 0. The van der Waals surface area contributed by atoms with E-state index in [1.807, 2.05) is 18.2 Å². The Balaban J connectivity index is 1.55. The molecule has 1 unspecified atom stereocenters. The second kappa shape index (κ2) is 7.25. The van der Waals surface area contributed by atoms with Crippen LogP contribution in [0.25, 0.3) is 0 Å². The zero-order valence-electron chi connectivity index (χ0n) is 12.8. The van der Waals surface area contributed by atoms with Crippen LogP contribution >= 0.6 is 22.9 Å². The number of hydrogen-bond donors (Lipinski definition) is 2. The van der Waals surface area contributed by atoms with Crippen molar-refractivity contribution in [3.05, 3.63) is 50.9 Å². The minimum absolute atomic E-state index is 0.285. The van der Waals surface area contributed by atoms with E-state index in [1.54, 1.807) is 30.5 Å². The molecule has 2 aromatic rings. The van der Waals surface area contributed by atoms with Gasteiger partial charge in [0.05, 0.1) is 18.1 Å². The molecule has 0 aliphatic carbocycles. The van der Waals surface area contributed by atoms with Crippen LogP contribution in [0.5, 0.6) is 0 Å². The standard InChI is InChI=1S/C16H19ClN2O3S/c1-16(20,11-4-2-3-5-12(11)17)10-18-9-14-19-8-13(23-14)15-21-6-7-22-15/h2-5,8,15,18,20H,6-7,9-10H2,1H3. The van der Waals surface area contributed by atoms with Crippen molar-refractivity contribution >= 4 is 22.9 Å². The molecule has 1 atom stereocenters. The zero-order chi connectivity index (χ0) is 16.3. The molecule has 7 heteroatoms. The molecule has 1 aromatic carbocycles. The van der Waals surface area contributed by atoms with E-state index < -0.39 is 5.60 Å². The summed E-state index contributed by atoms with van der Waals surface area (Å²) in [7, 11) is 0. The normalized spacial score (nSPS) is 18.2. The summed E-state index contributed by atoms with van der Waals surface area (Å²) in [5.41, 5.74) is -0.336. The van der Waals surface area contributed by atoms with Crippen LogP contribution in [0.3, 0.4) is 0 Å². The molecule has 0 radical (unpaired) electrons. The second-order valence-electron chi connectivity index (χ2n) is 5.59. The van der Waals surface area contributed by atoms with E-state index in [-0.39, 0.29) is 6.29 Å². The summed E-state index contributed by atoms with van der Waals surface area (Å²) in [4.78, 5) is 5.33. The maximum atomic E-state index is 10.6. The van der Waals surface area contributed by atoms with Crippen LogP contribution < -0.4 is 5.32 Å². The number of aromatic nitrogens is 1. The van der Waals surface area contributed by atoms with Crippen LogP contribution in [0.15, 0.2) is 30.5 Å². The summed E-state index contributed by atoms with van der Waals surface area (Å²) in [6.07, 6.45) is 1.50. The van der Waals surface area contributed by atoms with Crippen molar-refractivity contribution in [2.24, 2.45) is 0 Å². The van der Waals surface area contributed by atoms with Gasteiger partial charge in [-0.2, -0.15) is 0 Å². The van der Waals surface area contributed by atoms with Crippen LogP contribution in [-0.4, -0.2) is 29.8 Å². The van der Waals surface area contributed by atoms with Crippen LogP contribution in [0.4, 0.5) is 0 Å². The van der Waals surface area contributed by atoms with E-state index in [4.69, 9.17) is 21.1 Å². The van der Waals surface area contributed by atoms with Gasteiger partial charge in [-0.15, -0.1) is 11.3 Å². The number of hydrogen-bond acceptors (Lipinski definition) is 6. The number of benzene rings is 1. The van der Waals surface area contributed by atoms with Crippen molar-refractivity contribution in [3.8, 4) is 0 Å². The average molecular weight is 355 g/mol. The Kier molecular flexibility index (Phi) is 5.31. The summed E-state index contributed by atoms with van der Waals surface area (Å²) >= 11 is 7.70. The zero-order valence-corrected chi connectivity index (χ0v) is 14.4. The van der Waals surface area contributed by atoms with Gasteiger partial charge in [0.2, 0.25) is 0 Å². The molecule has 0 spiro atoms. The Morgan fingerprint density at radius 2 is 2.13 bits per heavy atom. The van der Waals surface area contributed by atoms with Gasteiger partial charge in [0.1, 0.15) is 10.6 Å². The van der Waals surface area contributed by atoms with E-state index in [2.05, 4.69) is 10.3 Å². The van der Waals surface area contributed by atoms with Gasteiger partial charge in [0.25, 0.3) is 0 Å². The van der Waals surface area contributed by atoms with Gasteiger partial charge in [-0.3, -0.25) is 0 Å². The van der Waals surface area contributed by atoms with E-state index in [1.165, 1.54) is 0 Å². The fourth-order valence-electron chi connectivity index (χ4n) is 2.44. The lowest BCUT2D eigenvalue weighted by Crippen LogP contribution is -2.35. The number of thiazole rings is 1. The predicted molar refractivity (Wildman–Crippen MR) is 89.5 cm³/mol. The molecule has 0 amide bonds. The molecular weight excluding hydrogens is 336 g/mol. The molecular formula is C16H19ClN2O3S. The minimum atomic E-state index is -1.05. The summed E-state index contributed by atoms with van der Waals surface area (Å²) in [6.45, 7) is 3.93. The quantitative estimate of drug-likeness (QED) is 0.835. The molecule has 23 heavy (non-hydrogen) atoms. The monoisotopic (exact) mass is 354 g/mol. The van der Waals surface area contributed by atoms with Gasteiger partial charge in [-0.25, -0.2) is 4.98 Å². The summed E-state index contributed by atoms with van der Waals surface area (Å²) in [5, 5.41) is 15.3. The number of rotatable bonds is 6. The summed E-state index contributed by atoms with van der Waals surface area (Å²) in [6, 6.07) is 7.32. The first-order valence-electron chi connectivity index (χ1n) is 7.42. The average Bonchev–Trinajstić information content (AvgIpc) is 3.18. The SMILES string of the molecule is CC(O)(CNCc1ncc(C2OCCO2)s1)c1ccccc1Cl. The van der Waals surface area contributed by atoms with Crippen molar-refractivity contribution in [1.29, 1.82) is 0 Å². The van der Waals surface area contributed by atoms with Gasteiger partial charge in [0, 0.05) is 29.9 Å². The topological polar surface area (TPSA) is 63.6 Å². The molecule has 1 aromatic heterocycles. The van der Waals surface area contributed by atoms with Gasteiger partial charge in [0.15, 0.2) is 6.29 Å². The van der Waals surface area contributed by atoms with Gasteiger partial charge < -0.3 is 19.9 Å². The lowest BCUT2D eigenvalue weighted by Gasteiger charge is -2.25. The maximum Gasteiger partial charge on any atom is 0.194 e. The lowest BCUT2D eigenvalue weighted by molar-refractivity contribution is -0.0414. The van der Waals surface area contributed by atoms with Crippen molar-refractivity contribution in [1.82, 2.24) is 10.3 Å². The molecule has 1 aliphatic heterocycles. The third kappa shape index (κ3) is 4.09. The lowest BCUT2D eigenvalue weighted by atomic mass is 9.96. The molecule has 0 bridgehead atoms. The first-order valence-corrected chi connectivity index (χ1v) is 8.61. The molecule has 1 saturated heterocycles. The molecule has 0 saturated carbocycles. The van der Waals surface area contributed by atoms with E-state index >= 15 is 0 Å². The molecule has 3 rings (SSSR count). The van der Waals surface area contributed by atoms with Crippen LogP contribution in [0.1, 0.15) is 28.7 Å². The van der Waals surface area contributed by atoms with Crippen LogP contribution in [-0.2, 0) is 21.6 Å². The molecule has 2 N–H and O–H groups in total. The molecule has 124 valence electrons. The number of nitrogens with zero attached hydrogens (tertiary/aromatic N) is 1. The van der Waals surface area contributed by atoms with Crippen molar-refractivity contribution in [2.75, 3.05) is 19.8 Å². The van der Waals surface area contributed by atoms with Crippen molar-refractivity contribution < 1.29 is 14.6 Å². The van der Waals surface area contributed by atoms with E-state index in [0.29, 0.717) is 36.9 Å². The minimum Gasteiger partial charge on any atom is -0.384 e. The number of halogens is 1. The third-order valence-electron chi connectivity index (χ3n) is 3.63. The Labute approximate surface area is 144 Å². The first kappa shape index (κ1) is 16.8. The van der Waals surface area contributed by atoms with Crippen LogP contribution in [0, 0.1) is 0 Å². The smallest absolute Gasteiger partial charge is 0.194 e. The highest BCUT2D eigenvalue weighted by Crippen LogP contribution is 2.29. The van der Waals surface area contributed by atoms with Gasteiger partial charge in [-0.1, -0.05) is 29.8 Å². The fourth-order valence-corrected chi connectivity index (χ4v) is 3.67.